The zero-order valence-corrected chi connectivity index (χ0v) is 21.1. The minimum atomic E-state index is -0.901. The maximum atomic E-state index is 11.2. The Morgan fingerprint density at radius 3 is 2.67 bits per heavy atom. The van der Waals surface area contributed by atoms with Crippen molar-refractivity contribution >= 4 is 5.91 Å². The van der Waals surface area contributed by atoms with Gasteiger partial charge in [-0.25, -0.2) is 0 Å². The lowest BCUT2D eigenvalue weighted by atomic mass is 10.0. The van der Waals surface area contributed by atoms with Gasteiger partial charge in [-0.1, -0.05) is 24.9 Å². The first-order valence-corrected chi connectivity index (χ1v) is 12.5. The van der Waals surface area contributed by atoms with Crippen LogP contribution in [0.4, 0.5) is 0 Å². The number of hydrogen-bond acceptors (Lipinski definition) is 8. The number of aliphatic hydroxyl groups excluding tert-OH is 2. The number of aromatic nitrogens is 3. The fourth-order valence-electron chi connectivity index (χ4n) is 4.68. The lowest BCUT2D eigenvalue weighted by Gasteiger charge is -2.17. The second-order valence-electron chi connectivity index (χ2n) is 9.39. The Hall–Kier alpha value is -3.30. The highest BCUT2D eigenvalue weighted by Gasteiger charge is 2.21. The van der Waals surface area contributed by atoms with Gasteiger partial charge in [0.2, 0.25) is 11.7 Å². The predicted octanol–water partition coefficient (Wildman–Crippen LogP) is 3.48. The van der Waals surface area contributed by atoms with E-state index in [1.807, 2.05) is 39.0 Å². The molecule has 0 unspecified atom stereocenters. The van der Waals surface area contributed by atoms with E-state index >= 15 is 0 Å². The first kappa shape index (κ1) is 25.8. The predicted molar refractivity (Wildman–Crippen MR) is 135 cm³/mol. The highest BCUT2D eigenvalue weighted by atomic mass is 16.5. The topological polar surface area (TPSA) is 131 Å². The van der Waals surface area contributed by atoms with Crippen LogP contribution in [0.25, 0.3) is 22.8 Å². The minimum Gasteiger partial charge on any atom is -0.490 e. The molecule has 9 nitrogen and oxygen atoms in total. The first-order valence-electron chi connectivity index (χ1n) is 12.5. The van der Waals surface area contributed by atoms with E-state index in [1.54, 1.807) is 0 Å². The Balaban J connectivity index is 1.51. The summed E-state index contributed by atoms with van der Waals surface area (Å²) in [5.74, 6) is 1.61. The number of carbonyl (C=O) groups excluding carboxylic acids is 1. The number of carbonyl (C=O) groups is 1. The third-order valence-electron chi connectivity index (χ3n) is 6.51. The number of aliphatic hydroxyl groups is 2. The number of ether oxygens (including phenoxy) is 1. The zero-order valence-electron chi connectivity index (χ0n) is 21.1. The van der Waals surface area contributed by atoms with Gasteiger partial charge in [-0.2, -0.15) is 4.98 Å². The van der Waals surface area contributed by atoms with Crippen molar-refractivity contribution in [3.63, 3.8) is 0 Å². The fraction of sp³-hybridized carbons (Fsp3) is 0.481. The maximum Gasteiger partial charge on any atom is 0.258 e. The van der Waals surface area contributed by atoms with E-state index in [1.165, 1.54) is 25.7 Å². The van der Waals surface area contributed by atoms with Crippen LogP contribution in [0.15, 0.2) is 28.8 Å². The fourth-order valence-corrected chi connectivity index (χ4v) is 4.68. The molecule has 2 aromatic heterocycles. The van der Waals surface area contributed by atoms with Crippen molar-refractivity contribution in [1.29, 1.82) is 0 Å². The Morgan fingerprint density at radius 2 is 1.94 bits per heavy atom. The van der Waals surface area contributed by atoms with Crippen molar-refractivity contribution in [2.75, 3.05) is 19.8 Å². The van der Waals surface area contributed by atoms with E-state index in [9.17, 15) is 9.90 Å². The largest absolute Gasteiger partial charge is 0.490 e. The molecule has 3 aromatic rings. The molecule has 4 rings (SSSR count). The number of rotatable bonds is 10. The Kier molecular flexibility index (Phi) is 8.32. The van der Waals surface area contributed by atoms with E-state index in [4.69, 9.17) is 19.4 Å². The Labute approximate surface area is 210 Å². The average molecular weight is 495 g/mol. The summed E-state index contributed by atoms with van der Waals surface area (Å²) in [6.07, 6.45) is 4.65. The SMILES string of the molecule is CCc1cc(-c2noc(-c3cc(C)nc(C4CCCC4)c3)n2)cc(C)c1OC[C@@H](O)CNC(=O)CO. The van der Waals surface area contributed by atoms with Crippen LogP contribution in [0, 0.1) is 13.8 Å². The van der Waals surface area contributed by atoms with Gasteiger partial charge < -0.3 is 24.8 Å². The van der Waals surface area contributed by atoms with E-state index < -0.39 is 18.6 Å². The first-order chi connectivity index (χ1) is 17.4. The molecule has 0 saturated heterocycles. The number of amides is 1. The molecule has 1 aliphatic rings. The summed E-state index contributed by atoms with van der Waals surface area (Å²) in [7, 11) is 0. The molecule has 2 heterocycles. The van der Waals surface area contributed by atoms with Crippen LogP contribution in [0.1, 0.15) is 61.0 Å². The normalized spacial score (nSPS) is 14.7. The molecule has 3 N–H and O–H groups in total. The summed E-state index contributed by atoms with van der Waals surface area (Å²) in [6.45, 7) is 5.34. The Morgan fingerprint density at radius 1 is 1.17 bits per heavy atom. The highest BCUT2D eigenvalue weighted by molar-refractivity contribution is 5.76. The number of benzene rings is 1. The van der Waals surface area contributed by atoms with Gasteiger partial charge in [0.25, 0.3) is 5.89 Å². The molecule has 9 heteroatoms. The molecule has 192 valence electrons. The third kappa shape index (κ3) is 6.09. The standard InChI is InChI=1S/C27H34N4O5/c1-4-18-11-20(9-16(2)25(18)35-15-22(33)13-28-24(34)14-32)26-30-27(36-31-26)21-10-17(3)29-23(12-21)19-7-5-6-8-19/h9-12,19,22,32-33H,4-8,13-15H2,1-3H3,(H,28,34)/t22-/m0/s1. The number of nitrogens with zero attached hydrogens (tertiary/aromatic N) is 3. The third-order valence-corrected chi connectivity index (χ3v) is 6.51. The summed E-state index contributed by atoms with van der Waals surface area (Å²) in [6, 6.07) is 7.96. The van der Waals surface area contributed by atoms with Crippen molar-refractivity contribution in [2.24, 2.45) is 0 Å². The van der Waals surface area contributed by atoms with Gasteiger partial charge in [-0.05, 0) is 68.5 Å². The van der Waals surface area contributed by atoms with Crippen molar-refractivity contribution < 1.29 is 24.3 Å². The minimum absolute atomic E-state index is 0.000556. The molecule has 1 saturated carbocycles. The van der Waals surface area contributed by atoms with Gasteiger partial charge in [-0.15, -0.1) is 0 Å². The van der Waals surface area contributed by atoms with Crippen LogP contribution in [-0.2, 0) is 11.2 Å². The van der Waals surface area contributed by atoms with Crippen LogP contribution in [-0.4, -0.2) is 57.1 Å². The second-order valence-corrected chi connectivity index (χ2v) is 9.39. The van der Waals surface area contributed by atoms with E-state index in [2.05, 4.69) is 21.5 Å². The maximum absolute atomic E-state index is 11.2. The van der Waals surface area contributed by atoms with Crippen LogP contribution in [0.5, 0.6) is 5.75 Å². The summed E-state index contributed by atoms with van der Waals surface area (Å²) in [5.41, 5.74) is 5.59. The number of pyridine rings is 1. The quantitative estimate of drug-likeness (QED) is 0.390. The molecule has 1 fully saturated rings. The van der Waals surface area contributed by atoms with Gasteiger partial charge in [0, 0.05) is 35.0 Å². The monoisotopic (exact) mass is 494 g/mol. The molecule has 0 radical (unpaired) electrons. The molecule has 36 heavy (non-hydrogen) atoms. The number of hydrogen-bond donors (Lipinski definition) is 3. The van der Waals surface area contributed by atoms with Crippen molar-refractivity contribution in [3.05, 3.63) is 46.8 Å². The van der Waals surface area contributed by atoms with Gasteiger partial charge in [-0.3, -0.25) is 9.78 Å². The van der Waals surface area contributed by atoms with Crippen LogP contribution in [0.2, 0.25) is 0 Å². The summed E-state index contributed by atoms with van der Waals surface area (Å²) in [4.78, 5) is 20.6. The molecule has 0 bridgehead atoms. The summed E-state index contributed by atoms with van der Waals surface area (Å²) in [5, 5.41) is 25.5. The van der Waals surface area contributed by atoms with Crippen LogP contribution >= 0.6 is 0 Å². The lowest BCUT2D eigenvalue weighted by molar-refractivity contribution is -0.124. The molecule has 1 atom stereocenters. The van der Waals surface area contributed by atoms with Crippen molar-refractivity contribution in [2.45, 2.75) is 64.9 Å². The van der Waals surface area contributed by atoms with Crippen LogP contribution < -0.4 is 10.1 Å². The van der Waals surface area contributed by atoms with Crippen LogP contribution in [0.3, 0.4) is 0 Å². The lowest BCUT2D eigenvalue weighted by Crippen LogP contribution is -2.36. The van der Waals surface area contributed by atoms with Crippen molar-refractivity contribution in [3.8, 4) is 28.6 Å². The summed E-state index contributed by atoms with van der Waals surface area (Å²) >= 11 is 0. The highest BCUT2D eigenvalue weighted by Crippen LogP contribution is 2.35. The Bertz CT molecular complexity index is 1200. The van der Waals surface area contributed by atoms with Crippen molar-refractivity contribution in [1.82, 2.24) is 20.4 Å². The second kappa shape index (κ2) is 11.6. The molecule has 1 aromatic carbocycles. The van der Waals surface area contributed by atoms with E-state index in [-0.39, 0.29) is 13.2 Å². The van der Waals surface area contributed by atoms with Gasteiger partial charge in [0.15, 0.2) is 0 Å². The molecule has 0 aliphatic heterocycles. The van der Waals surface area contributed by atoms with Gasteiger partial charge in [0.05, 0.1) is 0 Å². The zero-order chi connectivity index (χ0) is 25.7. The van der Waals surface area contributed by atoms with Gasteiger partial charge in [0.1, 0.15) is 25.1 Å². The van der Waals surface area contributed by atoms with Gasteiger partial charge >= 0.3 is 0 Å². The smallest absolute Gasteiger partial charge is 0.258 e. The summed E-state index contributed by atoms with van der Waals surface area (Å²) < 4.78 is 11.5. The number of aryl methyl sites for hydroxylation is 3. The average Bonchev–Trinajstić information content (AvgIpc) is 3.58. The number of nitrogens with one attached hydrogen (secondary N) is 1. The molecular formula is C27H34N4O5. The molecule has 1 aliphatic carbocycles. The molecule has 0 spiro atoms. The van der Waals surface area contributed by atoms with E-state index in [0.29, 0.717) is 29.8 Å². The van der Waals surface area contributed by atoms with E-state index in [0.717, 1.165) is 33.6 Å². The molecular weight excluding hydrogens is 460 g/mol. The molecule has 1 amide bonds.